The lowest BCUT2D eigenvalue weighted by molar-refractivity contribution is 0.464. The number of fused-ring (bicyclic) bond motifs is 2. The third kappa shape index (κ3) is 2.39. The Morgan fingerprint density at radius 2 is 0.880 bits per heavy atom. The zero-order valence-corrected chi connectivity index (χ0v) is 13.3. The molecule has 0 spiro atoms. The van der Waals surface area contributed by atoms with E-state index in [-0.39, 0.29) is 29.4 Å². The van der Waals surface area contributed by atoms with Crippen LogP contribution in [0.2, 0.25) is 0 Å². The minimum atomic E-state index is 0.0923. The summed E-state index contributed by atoms with van der Waals surface area (Å²) in [7, 11) is 0. The highest BCUT2D eigenvalue weighted by Gasteiger charge is 2.15. The SMILES string of the molecule is Oc1ccc2c(O)cccc2c1Cc1c(O)ccc2c(O)cccc12. The molecule has 0 bridgehead atoms. The minimum absolute atomic E-state index is 0.0923. The smallest absolute Gasteiger partial charge is 0.123 e. The molecule has 0 atom stereocenters. The second-order valence-electron chi connectivity index (χ2n) is 6.05. The molecule has 4 aromatic carbocycles. The zero-order chi connectivity index (χ0) is 17.6. The molecule has 0 fully saturated rings. The zero-order valence-electron chi connectivity index (χ0n) is 13.3. The van der Waals surface area contributed by atoms with Gasteiger partial charge in [0.05, 0.1) is 0 Å². The molecule has 124 valence electrons. The Kier molecular flexibility index (Phi) is 3.39. The van der Waals surface area contributed by atoms with Gasteiger partial charge in [-0.15, -0.1) is 0 Å². The first-order valence-electron chi connectivity index (χ1n) is 7.91. The maximum atomic E-state index is 10.4. The van der Waals surface area contributed by atoms with Crippen LogP contribution in [0, 0.1) is 0 Å². The van der Waals surface area contributed by atoms with Crippen molar-refractivity contribution in [2.24, 2.45) is 0 Å². The van der Waals surface area contributed by atoms with Gasteiger partial charge >= 0.3 is 0 Å². The predicted octanol–water partition coefficient (Wildman–Crippen LogP) is 4.41. The summed E-state index contributed by atoms with van der Waals surface area (Å²) in [5, 5.41) is 43.5. The Balaban J connectivity index is 1.98. The highest BCUT2D eigenvalue weighted by Crippen LogP contribution is 2.38. The Labute approximate surface area is 143 Å². The molecule has 4 rings (SSSR count). The number of aromatic hydroxyl groups is 4. The molecular formula is C21H16O4. The van der Waals surface area contributed by atoms with Crippen molar-refractivity contribution in [2.75, 3.05) is 0 Å². The number of benzene rings is 4. The molecule has 0 aliphatic rings. The molecule has 0 unspecified atom stereocenters. The average Bonchev–Trinajstić information content (AvgIpc) is 2.59. The van der Waals surface area contributed by atoms with Crippen molar-refractivity contribution in [1.29, 1.82) is 0 Å². The summed E-state index contributed by atoms with van der Waals surface area (Å²) in [6.45, 7) is 0. The van der Waals surface area contributed by atoms with Gasteiger partial charge in [0, 0.05) is 28.3 Å². The lowest BCUT2D eigenvalue weighted by atomic mass is 9.93. The van der Waals surface area contributed by atoms with Crippen molar-refractivity contribution in [2.45, 2.75) is 6.42 Å². The second kappa shape index (κ2) is 5.60. The van der Waals surface area contributed by atoms with Gasteiger partial charge in [-0.05, 0) is 47.2 Å². The molecule has 0 saturated carbocycles. The molecule has 25 heavy (non-hydrogen) atoms. The van der Waals surface area contributed by atoms with Crippen LogP contribution in [0.5, 0.6) is 23.0 Å². The van der Waals surface area contributed by atoms with Gasteiger partial charge in [0.15, 0.2) is 0 Å². The van der Waals surface area contributed by atoms with Crippen molar-refractivity contribution in [3.8, 4) is 23.0 Å². The molecule has 0 heterocycles. The Bertz CT molecular complexity index is 1030. The summed E-state index contributed by atoms with van der Waals surface area (Å²) < 4.78 is 0. The molecule has 4 aromatic rings. The van der Waals surface area contributed by atoms with Gasteiger partial charge in [0.2, 0.25) is 0 Å². The average molecular weight is 332 g/mol. The fourth-order valence-corrected chi connectivity index (χ4v) is 3.33. The van der Waals surface area contributed by atoms with Gasteiger partial charge in [-0.25, -0.2) is 0 Å². The van der Waals surface area contributed by atoms with Crippen LogP contribution in [0.3, 0.4) is 0 Å². The van der Waals surface area contributed by atoms with Crippen LogP contribution in [-0.2, 0) is 6.42 Å². The van der Waals surface area contributed by atoms with E-state index in [0.717, 1.165) is 10.8 Å². The summed E-state index contributed by atoms with van der Waals surface area (Å²) >= 11 is 0. The van der Waals surface area contributed by atoms with E-state index in [1.54, 1.807) is 36.4 Å². The Hall–Kier alpha value is -3.40. The van der Waals surface area contributed by atoms with E-state index in [0.29, 0.717) is 21.9 Å². The second-order valence-corrected chi connectivity index (χ2v) is 6.05. The number of phenolic OH excluding ortho intramolecular Hbond substituents is 4. The van der Waals surface area contributed by atoms with Crippen LogP contribution in [0.25, 0.3) is 21.5 Å². The summed E-state index contributed by atoms with van der Waals surface area (Å²) in [6, 6.07) is 16.7. The van der Waals surface area contributed by atoms with Crippen molar-refractivity contribution in [3.05, 3.63) is 71.8 Å². The summed E-state index contributed by atoms with van der Waals surface area (Å²) in [6.07, 6.45) is 0.263. The quantitative estimate of drug-likeness (QED) is 0.438. The summed E-state index contributed by atoms with van der Waals surface area (Å²) in [4.78, 5) is 0. The summed E-state index contributed by atoms with van der Waals surface area (Å²) in [5.41, 5.74) is 1.22. The van der Waals surface area contributed by atoms with Gasteiger partial charge < -0.3 is 20.4 Å². The monoisotopic (exact) mass is 332 g/mol. The van der Waals surface area contributed by atoms with Gasteiger partial charge in [0.25, 0.3) is 0 Å². The van der Waals surface area contributed by atoms with Gasteiger partial charge in [-0.3, -0.25) is 0 Å². The van der Waals surface area contributed by atoms with Gasteiger partial charge in [-0.2, -0.15) is 0 Å². The fraction of sp³-hybridized carbons (Fsp3) is 0.0476. The first-order valence-corrected chi connectivity index (χ1v) is 7.91. The van der Waals surface area contributed by atoms with Gasteiger partial charge in [0.1, 0.15) is 23.0 Å². The largest absolute Gasteiger partial charge is 0.508 e. The summed E-state index contributed by atoms with van der Waals surface area (Å²) in [5.74, 6) is 0.460. The van der Waals surface area contributed by atoms with Crippen LogP contribution in [0.15, 0.2) is 60.7 Å². The third-order valence-corrected chi connectivity index (χ3v) is 4.60. The topological polar surface area (TPSA) is 80.9 Å². The molecule has 4 heteroatoms. The van der Waals surface area contributed by atoms with Crippen molar-refractivity contribution in [1.82, 2.24) is 0 Å². The van der Waals surface area contributed by atoms with Crippen LogP contribution >= 0.6 is 0 Å². The normalized spacial score (nSPS) is 11.2. The third-order valence-electron chi connectivity index (χ3n) is 4.60. The molecule has 0 amide bonds. The molecule has 4 nitrogen and oxygen atoms in total. The van der Waals surface area contributed by atoms with E-state index in [1.165, 1.54) is 12.1 Å². The first-order chi connectivity index (χ1) is 12.1. The van der Waals surface area contributed by atoms with E-state index in [1.807, 2.05) is 12.1 Å². The maximum Gasteiger partial charge on any atom is 0.123 e. The molecule has 4 N–H and O–H groups in total. The van der Waals surface area contributed by atoms with Crippen LogP contribution in [-0.4, -0.2) is 20.4 Å². The van der Waals surface area contributed by atoms with Crippen molar-refractivity contribution in [3.63, 3.8) is 0 Å². The molecule has 0 aliphatic carbocycles. The highest BCUT2D eigenvalue weighted by atomic mass is 16.3. The van der Waals surface area contributed by atoms with E-state index < -0.39 is 0 Å². The number of rotatable bonds is 2. The standard InChI is InChI=1S/C21H16O4/c22-18-5-1-3-12-14(18)7-9-20(24)16(12)11-17-13-4-2-6-19(23)15(13)8-10-21(17)25/h1-10,22-25H,11H2. The minimum Gasteiger partial charge on any atom is -0.508 e. The van der Waals surface area contributed by atoms with E-state index in [4.69, 9.17) is 0 Å². The Morgan fingerprint density at radius 1 is 0.440 bits per heavy atom. The molecule has 0 saturated heterocycles. The molecule has 0 aliphatic heterocycles. The van der Waals surface area contributed by atoms with E-state index in [9.17, 15) is 20.4 Å². The van der Waals surface area contributed by atoms with Crippen LogP contribution in [0.1, 0.15) is 11.1 Å². The van der Waals surface area contributed by atoms with E-state index >= 15 is 0 Å². The first kappa shape index (κ1) is 15.1. The van der Waals surface area contributed by atoms with E-state index in [2.05, 4.69) is 0 Å². The highest BCUT2D eigenvalue weighted by molar-refractivity contribution is 5.95. The lowest BCUT2D eigenvalue weighted by Crippen LogP contribution is -1.94. The fourth-order valence-electron chi connectivity index (χ4n) is 3.33. The maximum absolute atomic E-state index is 10.4. The number of hydrogen-bond acceptors (Lipinski definition) is 4. The number of hydrogen-bond donors (Lipinski definition) is 4. The number of phenols is 4. The van der Waals surface area contributed by atoms with Crippen molar-refractivity contribution >= 4 is 21.5 Å². The van der Waals surface area contributed by atoms with Gasteiger partial charge in [-0.1, -0.05) is 24.3 Å². The Morgan fingerprint density at radius 3 is 1.32 bits per heavy atom. The molecule has 0 radical (unpaired) electrons. The molecule has 0 aromatic heterocycles. The van der Waals surface area contributed by atoms with Crippen molar-refractivity contribution < 1.29 is 20.4 Å². The van der Waals surface area contributed by atoms with Crippen LogP contribution < -0.4 is 0 Å². The predicted molar refractivity (Wildman–Crippen MR) is 97.4 cm³/mol. The molecular weight excluding hydrogens is 316 g/mol. The van der Waals surface area contributed by atoms with Crippen LogP contribution in [0.4, 0.5) is 0 Å². The lowest BCUT2D eigenvalue weighted by Gasteiger charge is -2.14.